The summed E-state index contributed by atoms with van der Waals surface area (Å²) < 4.78 is 0. The largest absolute Gasteiger partial charge is 0.398 e. The number of carbonyl (C=O) groups excluding carboxylic acids is 1. The molecule has 0 fully saturated rings. The highest BCUT2D eigenvalue weighted by Gasteiger charge is 2.07. The van der Waals surface area contributed by atoms with Gasteiger partial charge in [0.25, 0.3) is 0 Å². The molecular formula is C16H18N2OS. The van der Waals surface area contributed by atoms with Crippen LogP contribution >= 0.6 is 11.8 Å². The Balaban J connectivity index is 2.15. The van der Waals surface area contributed by atoms with E-state index in [4.69, 9.17) is 11.5 Å². The van der Waals surface area contributed by atoms with E-state index in [1.54, 1.807) is 17.8 Å². The summed E-state index contributed by atoms with van der Waals surface area (Å²) in [5.41, 5.74) is 16.1. The monoisotopic (exact) mass is 286 g/mol. The van der Waals surface area contributed by atoms with Gasteiger partial charge in [0.2, 0.25) is 5.91 Å². The topological polar surface area (TPSA) is 69.1 Å². The van der Waals surface area contributed by atoms with Gasteiger partial charge in [-0.3, -0.25) is 4.79 Å². The second kappa shape index (κ2) is 6.01. The second-order valence-corrected chi connectivity index (χ2v) is 5.80. The fourth-order valence-electron chi connectivity index (χ4n) is 1.95. The van der Waals surface area contributed by atoms with Crippen LogP contribution in [0.15, 0.2) is 41.3 Å². The maximum absolute atomic E-state index is 11.1. The van der Waals surface area contributed by atoms with Crippen molar-refractivity contribution in [2.75, 3.05) is 5.73 Å². The number of benzene rings is 2. The number of rotatable bonds is 4. The van der Waals surface area contributed by atoms with Crippen LogP contribution in [0.25, 0.3) is 0 Å². The molecule has 0 aromatic heterocycles. The van der Waals surface area contributed by atoms with Crippen molar-refractivity contribution in [1.29, 1.82) is 0 Å². The zero-order valence-corrected chi connectivity index (χ0v) is 12.5. The van der Waals surface area contributed by atoms with E-state index < -0.39 is 5.91 Å². The number of carbonyl (C=O) groups is 1. The van der Waals surface area contributed by atoms with Crippen LogP contribution in [-0.4, -0.2) is 5.91 Å². The van der Waals surface area contributed by atoms with Gasteiger partial charge in [0.1, 0.15) is 0 Å². The van der Waals surface area contributed by atoms with E-state index in [1.165, 1.54) is 5.56 Å². The van der Waals surface area contributed by atoms with Crippen molar-refractivity contribution < 1.29 is 4.79 Å². The zero-order chi connectivity index (χ0) is 14.7. The molecule has 0 radical (unpaired) electrons. The highest BCUT2D eigenvalue weighted by Crippen LogP contribution is 2.30. The number of nitrogen functional groups attached to an aromatic ring is 1. The van der Waals surface area contributed by atoms with Crippen LogP contribution in [0.2, 0.25) is 0 Å². The Labute approximate surface area is 123 Å². The molecule has 0 saturated heterocycles. The van der Waals surface area contributed by atoms with E-state index >= 15 is 0 Å². The Morgan fingerprint density at radius 2 is 1.90 bits per heavy atom. The Morgan fingerprint density at radius 3 is 2.55 bits per heavy atom. The number of para-hydroxylation sites is 1. The number of anilines is 1. The highest BCUT2D eigenvalue weighted by atomic mass is 32.2. The van der Waals surface area contributed by atoms with E-state index in [2.05, 4.69) is 0 Å². The molecule has 0 spiro atoms. The lowest BCUT2D eigenvalue weighted by atomic mass is 10.1. The summed E-state index contributed by atoms with van der Waals surface area (Å²) in [5, 5.41) is 0. The first kappa shape index (κ1) is 14.5. The average Bonchev–Trinajstić information content (AvgIpc) is 2.41. The average molecular weight is 286 g/mol. The molecule has 1 amide bonds. The summed E-state index contributed by atoms with van der Waals surface area (Å²) in [5.74, 6) is 0.425. The van der Waals surface area contributed by atoms with Crippen molar-refractivity contribution in [1.82, 2.24) is 0 Å². The number of thioether (sulfide) groups is 1. The van der Waals surface area contributed by atoms with Gasteiger partial charge in [0.15, 0.2) is 0 Å². The molecule has 2 aromatic rings. The predicted octanol–water partition coefficient (Wildman–Crippen LogP) is 3.28. The fourth-order valence-corrected chi connectivity index (χ4v) is 3.07. The molecule has 0 saturated carbocycles. The van der Waals surface area contributed by atoms with Crippen LogP contribution < -0.4 is 11.5 Å². The van der Waals surface area contributed by atoms with Gasteiger partial charge >= 0.3 is 0 Å². The summed E-state index contributed by atoms with van der Waals surface area (Å²) in [4.78, 5) is 12.2. The van der Waals surface area contributed by atoms with Crippen molar-refractivity contribution in [3.63, 3.8) is 0 Å². The third-order valence-electron chi connectivity index (χ3n) is 3.29. The fraction of sp³-hybridized carbons (Fsp3) is 0.188. The van der Waals surface area contributed by atoms with Gasteiger partial charge in [0.05, 0.1) is 0 Å². The first-order valence-electron chi connectivity index (χ1n) is 6.36. The number of hydrogen-bond donors (Lipinski definition) is 2. The number of nitrogens with two attached hydrogens (primary N) is 2. The van der Waals surface area contributed by atoms with E-state index in [0.29, 0.717) is 5.56 Å². The molecule has 0 aliphatic heterocycles. The molecule has 104 valence electrons. The molecule has 0 aliphatic carbocycles. The third kappa shape index (κ3) is 3.14. The van der Waals surface area contributed by atoms with E-state index in [0.717, 1.165) is 27.5 Å². The van der Waals surface area contributed by atoms with Crippen LogP contribution in [0.5, 0.6) is 0 Å². The standard InChI is InChI=1S/C16H18N2OS/c1-10-4-3-5-14(15(10)17)20-9-13-7-6-12(16(18)19)8-11(13)2/h3-8H,9,17H2,1-2H3,(H2,18,19). The van der Waals surface area contributed by atoms with Crippen molar-refractivity contribution in [3.05, 3.63) is 58.7 Å². The van der Waals surface area contributed by atoms with Gasteiger partial charge in [-0.15, -0.1) is 11.8 Å². The Morgan fingerprint density at radius 1 is 1.15 bits per heavy atom. The van der Waals surface area contributed by atoms with Crippen LogP contribution in [0, 0.1) is 13.8 Å². The quantitative estimate of drug-likeness (QED) is 0.669. The molecule has 4 N–H and O–H groups in total. The lowest BCUT2D eigenvalue weighted by molar-refractivity contribution is 0.1000. The smallest absolute Gasteiger partial charge is 0.248 e. The van der Waals surface area contributed by atoms with Gasteiger partial charge in [0, 0.05) is 21.9 Å². The molecule has 0 heterocycles. The van der Waals surface area contributed by atoms with Gasteiger partial charge < -0.3 is 11.5 Å². The number of aryl methyl sites for hydroxylation is 2. The molecule has 2 aromatic carbocycles. The number of hydrogen-bond acceptors (Lipinski definition) is 3. The first-order chi connectivity index (χ1) is 9.49. The summed E-state index contributed by atoms with van der Waals surface area (Å²) >= 11 is 1.70. The van der Waals surface area contributed by atoms with Crippen LogP contribution in [-0.2, 0) is 5.75 Å². The Bertz CT molecular complexity index is 653. The lowest BCUT2D eigenvalue weighted by Crippen LogP contribution is -2.11. The van der Waals surface area contributed by atoms with Crippen LogP contribution in [0.4, 0.5) is 5.69 Å². The zero-order valence-electron chi connectivity index (χ0n) is 11.6. The molecule has 0 unspecified atom stereocenters. The van der Waals surface area contributed by atoms with Gasteiger partial charge in [-0.2, -0.15) is 0 Å². The maximum atomic E-state index is 11.1. The van der Waals surface area contributed by atoms with Gasteiger partial charge in [-0.05, 0) is 48.7 Å². The van der Waals surface area contributed by atoms with E-state index in [9.17, 15) is 4.79 Å². The van der Waals surface area contributed by atoms with Crippen LogP contribution in [0.1, 0.15) is 27.0 Å². The van der Waals surface area contributed by atoms with Crippen molar-refractivity contribution in [2.45, 2.75) is 24.5 Å². The molecule has 20 heavy (non-hydrogen) atoms. The minimum Gasteiger partial charge on any atom is -0.398 e. The Hall–Kier alpha value is -1.94. The first-order valence-corrected chi connectivity index (χ1v) is 7.35. The third-order valence-corrected chi connectivity index (χ3v) is 4.42. The maximum Gasteiger partial charge on any atom is 0.248 e. The van der Waals surface area contributed by atoms with Crippen molar-refractivity contribution in [3.8, 4) is 0 Å². The number of primary amides is 1. The lowest BCUT2D eigenvalue weighted by Gasteiger charge is -2.10. The Kier molecular flexibility index (Phi) is 4.35. The van der Waals surface area contributed by atoms with Crippen LogP contribution in [0.3, 0.4) is 0 Å². The van der Waals surface area contributed by atoms with Crippen molar-refractivity contribution >= 4 is 23.4 Å². The minimum atomic E-state index is -0.393. The summed E-state index contributed by atoms with van der Waals surface area (Å²) in [7, 11) is 0. The summed E-state index contributed by atoms with van der Waals surface area (Å²) in [6.07, 6.45) is 0. The molecule has 0 aliphatic rings. The molecule has 2 rings (SSSR count). The summed E-state index contributed by atoms with van der Waals surface area (Å²) in [6, 6.07) is 11.6. The molecule has 0 bridgehead atoms. The molecule has 0 atom stereocenters. The molecule has 4 heteroatoms. The van der Waals surface area contributed by atoms with Crippen molar-refractivity contribution in [2.24, 2.45) is 5.73 Å². The minimum absolute atomic E-state index is 0.393. The van der Waals surface area contributed by atoms with Gasteiger partial charge in [-0.25, -0.2) is 0 Å². The highest BCUT2D eigenvalue weighted by molar-refractivity contribution is 7.98. The summed E-state index contributed by atoms with van der Waals surface area (Å²) in [6.45, 7) is 3.99. The molecular weight excluding hydrogens is 268 g/mol. The predicted molar refractivity (Wildman–Crippen MR) is 84.8 cm³/mol. The van der Waals surface area contributed by atoms with Gasteiger partial charge in [-0.1, -0.05) is 18.2 Å². The van der Waals surface area contributed by atoms with E-state index in [-0.39, 0.29) is 0 Å². The SMILES string of the molecule is Cc1cc(C(N)=O)ccc1CSc1cccc(C)c1N. The number of amides is 1. The second-order valence-electron chi connectivity index (χ2n) is 4.78. The molecule has 3 nitrogen and oxygen atoms in total. The normalized spacial score (nSPS) is 10.5. The van der Waals surface area contributed by atoms with E-state index in [1.807, 2.05) is 44.2 Å².